The van der Waals surface area contributed by atoms with Gasteiger partial charge in [-0.15, -0.1) is 0 Å². The molecule has 0 aliphatic rings. The van der Waals surface area contributed by atoms with E-state index < -0.39 is 0 Å². The molecular weight excluding hydrogens is 316 g/mol. The molecule has 4 aromatic rings. The largest absolute Gasteiger partial charge is 0.450 e. The van der Waals surface area contributed by atoms with Gasteiger partial charge in [-0.2, -0.15) is 4.98 Å². The number of unbranched alkanes of at least 4 members (excludes halogenated alkanes) is 4. The molecule has 2 aromatic carbocycles. The maximum Gasteiger partial charge on any atom is 0.394 e. The number of nitrogens with zero attached hydrogens (tertiary/aromatic N) is 2. The highest BCUT2D eigenvalue weighted by Crippen LogP contribution is 2.32. The van der Waals surface area contributed by atoms with E-state index in [-0.39, 0.29) is 0 Å². The van der Waals surface area contributed by atoms with Crippen LogP contribution < -0.4 is 4.74 Å². The Morgan fingerprint density at radius 1 is 0.840 bits per heavy atom. The number of benzene rings is 2. The van der Waals surface area contributed by atoms with Crippen LogP contribution in [-0.4, -0.2) is 16.6 Å². The second-order valence-electron chi connectivity index (χ2n) is 6.40. The monoisotopic (exact) mass is 338 g/mol. The minimum atomic E-state index is 0.342. The van der Waals surface area contributed by atoms with Gasteiger partial charge in [0.1, 0.15) is 11.0 Å². The molecule has 0 saturated heterocycles. The zero-order valence-corrected chi connectivity index (χ0v) is 14.7. The predicted octanol–water partition coefficient (Wildman–Crippen LogP) is 5.78. The molecule has 0 atom stereocenters. The van der Waals surface area contributed by atoms with Gasteiger partial charge in [-0.25, -0.2) is 4.98 Å². The van der Waals surface area contributed by atoms with Crippen LogP contribution in [0.3, 0.4) is 0 Å². The topological polar surface area (TPSA) is 61.3 Å². The summed E-state index contributed by atoms with van der Waals surface area (Å²) < 4.78 is 17.1. The number of rotatable bonds is 7. The first-order valence-corrected chi connectivity index (χ1v) is 8.98. The van der Waals surface area contributed by atoms with Crippen LogP contribution in [0, 0.1) is 6.92 Å². The summed E-state index contributed by atoms with van der Waals surface area (Å²) in [4.78, 5) is 9.02. The summed E-state index contributed by atoms with van der Waals surface area (Å²) in [5.74, 6) is 0.662. The lowest BCUT2D eigenvalue weighted by Crippen LogP contribution is -1.97. The van der Waals surface area contributed by atoms with Crippen molar-refractivity contribution < 1.29 is 13.6 Å². The van der Waals surface area contributed by atoms with Crippen molar-refractivity contribution >= 4 is 33.0 Å². The molecule has 0 unspecified atom stereocenters. The molecule has 2 aromatic heterocycles. The van der Waals surface area contributed by atoms with Crippen molar-refractivity contribution in [2.75, 3.05) is 6.61 Å². The van der Waals surface area contributed by atoms with Gasteiger partial charge in [-0.3, -0.25) is 0 Å². The Hall–Kier alpha value is -2.56. The van der Waals surface area contributed by atoms with E-state index in [0.717, 1.165) is 39.4 Å². The summed E-state index contributed by atoms with van der Waals surface area (Å²) in [7, 11) is 0. The lowest BCUT2D eigenvalue weighted by molar-refractivity contribution is 0.230. The van der Waals surface area contributed by atoms with Gasteiger partial charge < -0.3 is 13.6 Å². The number of hydrogen-bond acceptors (Lipinski definition) is 5. The molecule has 0 fully saturated rings. The number of hydrogen-bond donors (Lipinski definition) is 0. The normalized spacial score (nSPS) is 11.8. The summed E-state index contributed by atoms with van der Waals surface area (Å²) in [5.41, 5.74) is 3.18. The standard InChI is InChI=1S/C20H22N2O3/c1-3-4-5-6-7-12-23-20-22-19-15-8-10-16-18(21-13(2)24-16)14(15)9-11-17(19)25-20/h8-11H,3-7,12H2,1-2H3. The third kappa shape index (κ3) is 3.06. The van der Waals surface area contributed by atoms with E-state index in [2.05, 4.69) is 16.9 Å². The van der Waals surface area contributed by atoms with Crippen LogP contribution in [0.4, 0.5) is 0 Å². The number of oxazole rings is 2. The minimum Gasteiger partial charge on any atom is -0.450 e. The number of fused-ring (bicyclic) bond motifs is 5. The minimum absolute atomic E-state index is 0.342. The highest BCUT2D eigenvalue weighted by molar-refractivity contribution is 6.13. The van der Waals surface area contributed by atoms with Crippen molar-refractivity contribution in [3.8, 4) is 6.08 Å². The van der Waals surface area contributed by atoms with Gasteiger partial charge in [-0.1, -0.05) is 32.6 Å². The summed E-state index contributed by atoms with van der Waals surface area (Å²) >= 11 is 0. The molecule has 0 aliphatic carbocycles. The van der Waals surface area contributed by atoms with Crippen LogP contribution in [-0.2, 0) is 0 Å². The Labute approximate surface area is 146 Å². The van der Waals surface area contributed by atoms with E-state index in [1.807, 2.05) is 31.2 Å². The molecule has 5 heteroatoms. The van der Waals surface area contributed by atoms with Crippen LogP contribution in [0.2, 0.25) is 0 Å². The fourth-order valence-corrected chi connectivity index (χ4v) is 3.20. The molecule has 0 radical (unpaired) electrons. The lowest BCUT2D eigenvalue weighted by atomic mass is 10.1. The quantitative estimate of drug-likeness (QED) is 0.400. The first-order valence-electron chi connectivity index (χ1n) is 8.98. The van der Waals surface area contributed by atoms with E-state index in [1.165, 1.54) is 25.7 Å². The van der Waals surface area contributed by atoms with Crippen LogP contribution in [0.5, 0.6) is 6.08 Å². The smallest absolute Gasteiger partial charge is 0.394 e. The average Bonchev–Trinajstić information content (AvgIpc) is 3.19. The summed E-state index contributed by atoms with van der Waals surface area (Å²) in [6, 6.07) is 7.85. The third-order valence-corrected chi connectivity index (χ3v) is 4.47. The lowest BCUT2D eigenvalue weighted by Gasteiger charge is -2.00. The molecule has 0 saturated carbocycles. The second kappa shape index (κ2) is 6.75. The highest BCUT2D eigenvalue weighted by Gasteiger charge is 2.14. The van der Waals surface area contributed by atoms with Crippen LogP contribution in [0.1, 0.15) is 44.9 Å². The maximum atomic E-state index is 5.74. The Morgan fingerprint density at radius 2 is 1.52 bits per heavy atom. The molecule has 0 amide bonds. The average molecular weight is 338 g/mol. The van der Waals surface area contributed by atoms with Crippen molar-refractivity contribution in [2.45, 2.75) is 46.0 Å². The molecule has 4 rings (SSSR count). The Bertz CT molecular complexity index is 1020. The van der Waals surface area contributed by atoms with Crippen molar-refractivity contribution in [3.05, 3.63) is 30.2 Å². The second-order valence-corrected chi connectivity index (χ2v) is 6.40. The van der Waals surface area contributed by atoms with E-state index in [4.69, 9.17) is 13.6 Å². The van der Waals surface area contributed by atoms with Crippen molar-refractivity contribution in [1.82, 2.24) is 9.97 Å². The van der Waals surface area contributed by atoms with E-state index in [1.54, 1.807) is 0 Å². The molecule has 0 aliphatic heterocycles. The fourth-order valence-electron chi connectivity index (χ4n) is 3.20. The zero-order chi connectivity index (χ0) is 17.2. The molecule has 2 heterocycles. The maximum absolute atomic E-state index is 5.74. The molecule has 0 N–H and O–H groups in total. The van der Waals surface area contributed by atoms with Gasteiger partial charge in [0.2, 0.25) is 0 Å². The first kappa shape index (κ1) is 15.9. The van der Waals surface area contributed by atoms with Gasteiger partial charge >= 0.3 is 6.08 Å². The summed E-state index contributed by atoms with van der Waals surface area (Å²) in [6.45, 7) is 4.71. The molecule has 5 nitrogen and oxygen atoms in total. The van der Waals surface area contributed by atoms with E-state index in [0.29, 0.717) is 18.6 Å². The van der Waals surface area contributed by atoms with Gasteiger partial charge in [0, 0.05) is 17.7 Å². The van der Waals surface area contributed by atoms with Crippen LogP contribution >= 0.6 is 0 Å². The molecule has 130 valence electrons. The third-order valence-electron chi connectivity index (χ3n) is 4.47. The van der Waals surface area contributed by atoms with Gasteiger partial charge in [0.25, 0.3) is 0 Å². The Morgan fingerprint density at radius 3 is 2.28 bits per heavy atom. The molecule has 0 spiro atoms. The molecule has 0 bridgehead atoms. The number of aryl methyl sites for hydroxylation is 1. The van der Waals surface area contributed by atoms with Crippen LogP contribution in [0.25, 0.3) is 33.0 Å². The van der Waals surface area contributed by atoms with Gasteiger partial charge in [-0.05, 0) is 30.7 Å². The number of aromatic nitrogens is 2. The van der Waals surface area contributed by atoms with E-state index in [9.17, 15) is 0 Å². The van der Waals surface area contributed by atoms with E-state index >= 15 is 0 Å². The molecule has 25 heavy (non-hydrogen) atoms. The Balaban J connectivity index is 1.59. The zero-order valence-electron chi connectivity index (χ0n) is 14.7. The van der Waals surface area contributed by atoms with Crippen LogP contribution in [0.15, 0.2) is 33.1 Å². The predicted molar refractivity (Wildman–Crippen MR) is 98.1 cm³/mol. The van der Waals surface area contributed by atoms with Crippen molar-refractivity contribution in [3.63, 3.8) is 0 Å². The Kier molecular flexibility index (Phi) is 4.30. The van der Waals surface area contributed by atoms with Crippen molar-refractivity contribution in [2.24, 2.45) is 0 Å². The summed E-state index contributed by atoms with van der Waals surface area (Å²) in [5, 5.41) is 2.01. The summed E-state index contributed by atoms with van der Waals surface area (Å²) in [6.07, 6.45) is 6.33. The van der Waals surface area contributed by atoms with Gasteiger partial charge in [0.15, 0.2) is 17.1 Å². The SMILES string of the molecule is CCCCCCCOc1nc2c(ccc3c2ccc2oc(C)nc23)o1. The van der Waals surface area contributed by atoms with Crippen molar-refractivity contribution in [1.29, 1.82) is 0 Å². The molecular formula is C20H22N2O3. The first-order chi connectivity index (χ1) is 12.3. The highest BCUT2D eigenvalue weighted by atomic mass is 16.6. The fraction of sp³-hybridized carbons (Fsp3) is 0.400. The van der Waals surface area contributed by atoms with Gasteiger partial charge in [0.05, 0.1) is 6.61 Å². The number of ether oxygens (including phenoxy) is 1.